The van der Waals surface area contributed by atoms with Gasteiger partial charge in [-0.15, -0.1) is 11.6 Å². The fourth-order valence-electron chi connectivity index (χ4n) is 2.01. The summed E-state index contributed by atoms with van der Waals surface area (Å²) < 4.78 is 27.2. The van der Waals surface area contributed by atoms with Crippen molar-refractivity contribution in [3.8, 4) is 0 Å². The third-order valence-electron chi connectivity index (χ3n) is 2.77. The van der Waals surface area contributed by atoms with Crippen molar-refractivity contribution < 1.29 is 23.7 Å². The van der Waals surface area contributed by atoms with Crippen LogP contribution in [0.2, 0.25) is 0 Å². The molecule has 102 valence electrons. The molecule has 0 amide bonds. The zero-order valence-electron chi connectivity index (χ0n) is 10.6. The number of hydrogen-bond donors (Lipinski definition) is 0. The molecule has 1 aliphatic heterocycles. The molecule has 1 fully saturated rings. The first-order valence-corrected chi connectivity index (χ1v) is 6.17. The lowest BCUT2D eigenvalue weighted by Gasteiger charge is -2.39. The molecule has 1 heterocycles. The van der Waals surface area contributed by atoms with Gasteiger partial charge in [0.15, 0.2) is 6.29 Å². The van der Waals surface area contributed by atoms with E-state index in [0.29, 0.717) is 25.5 Å². The Morgan fingerprint density at radius 1 is 1.24 bits per heavy atom. The first kappa shape index (κ1) is 15.1. The third-order valence-corrected chi connectivity index (χ3v) is 2.93. The van der Waals surface area contributed by atoms with Crippen LogP contribution in [0, 0.1) is 0 Å². The van der Waals surface area contributed by atoms with Crippen LogP contribution in [-0.2, 0) is 23.7 Å². The SMILES string of the molecule is COC[C@H]1O[C@@H](OCCCl)C[C@@H](OC)[C@@H]1OC. The lowest BCUT2D eigenvalue weighted by molar-refractivity contribution is -0.264. The number of hydrogen-bond acceptors (Lipinski definition) is 5. The molecule has 0 unspecified atom stereocenters. The molecule has 0 aromatic carbocycles. The van der Waals surface area contributed by atoms with Crippen LogP contribution in [0.1, 0.15) is 6.42 Å². The maximum Gasteiger partial charge on any atom is 0.160 e. The van der Waals surface area contributed by atoms with Crippen molar-refractivity contribution >= 4 is 11.6 Å². The van der Waals surface area contributed by atoms with Gasteiger partial charge >= 0.3 is 0 Å². The normalized spacial score (nSPS) is 33.9. The van der Waals surface area contributed by atoms with E-state index in [0.717, 1.165) is 0 Å². The van der Waals surface area contributed by atoms with E-state index in [2.05, 4.69) is 0 Å². The van der Waals surface area contributed by atoms with Gasteiger partial charge in [-0.1, -0.05) is 0 Å². The summed E-state index contributed by atoms with van der Waals surface area (Å²) in [6.45, 7) is 0.902. The van der Waals surface area contributed by atoms with Gasteiger partial charge in [0.1, 0.15) is 12.2 Å². The summed E-state index contributed by atoms with van der Waals surface area (Å²) in [5.74, 6) is 0.445. The third kappa shape index (κ3) is 4.35. The number of ether oxygens (including phenoxy) is 5. The average molecular weight is 269 g/mol. The second-order valence-electron chi connectivity index (χ2n) is 3.83. The fourth-order valence-corrected chi connectivity index (χ4v) is 2.10. The quantitative estimate of drug-likeness (QED) is 0.646. The van der Waals surface area contributed by atoms with Gasteiger partial charge in [-0.25, -0.2) is 0 Å². The Morgan fingerprint density at radius 3 is 2.53 bits per heavy atom. The first-order chi connectivity index (χ1) is 8.26. The molecule has 5 nitrogen and oxygen atoms in total. The van der Waals surface area contributed by atoms with Crippen LogP contribution < -0.4 is 0 Å². The Bertz CT molecular complexity index is 204. The fraction of sp³-hybridized carbons (Fsp3) is 1.00. The van der Waals surface area contributed by atoms with Gasteiger partial charge in [-0.2, -0.15) is 0 Å². The van der Waals surface area contributed by atoms with Crippen LogP contribution >= 0.6 is 11.6 Å². The highest BCUT2D eigenvalue weighted by atomic mass is 35.5. The van der Waals surface area contributed by atoms with Crippen molar-refractivity contribution in [2.24, 2.45) is 0 Å². The standard InChI is InChI=1S/C11H21ClO5/c1-13-7-9-11(15-3)8(14-2)6-10(17-9)16-5-4-12/h8-11H,4-7H2,1-3H3/t8-,9-,10-,11+/m1/s1. The monoisotopic (exact) mass is 268 g/mol. The minimum absolute atomic E-state index is 0.0609. The van der Waals surface area contributed by atoms with E-state index in [-0.39, 0.29) is 24.6 Å². The highest BCUT2D eigenvalue weighted by Gasteiger charge is 2.39. The van der Waals surface area contributed by atoms with E-state index < -0.39 is 0 Å². The molecule has 0 radical (unpaired) electrons. The van der Waals surface area contributed by atoms with Crippen LogP contribution in [0.25, 0.3) is 0 Å². The molecule has 0 saturated carbocycles. The van der Waals surface area contributed by atoms with Gasteiger partial charge in [0, 0.05) is 33.6 Å². The molecule has 0 aliphatic carbocycles. The predicted molar refractivity (Wildman–Crippen MR) is 63.4 cm³/mol. The Morgan fingerprint density at radius 2 is 2.00 bits per heavy atom. The molecule has 0 aromatic rings. The number of alkyl halides is 1. The van der Waals surface area contributed by atoms with Gasteiger partial charge in [0.05, 0.1) is 19.3 Å². The summed E-state index contributed by atoms with van der Waals surface area (Å²) in [6, 6.07) is 0. The Balaban J connectivity index is 2.58. The lowest BCUT2D eigenvalue weighted by Crippen LogP contribution is -2.52. The molecule has 0 N–H and O–H groups in total. The van der Waals surface area contributed by atoms with Crippen LogP contribution in [0.3, 0.4) is 0 Å². The summed E-state index contributed by atoms with van der Waals surface area (Å²) >= 11 is 5.58. The molecule has 1 saturated heterocycles. The summed E-state index contributed by atoms with van der Waals surface area (Å²) in [5, 5.41) is 0. The van der Waals surface area contributed by atoms with E-state index in [1.54, 1.807) is 21.3 Å². The molecule has 0 spiro atoms. The smallest absolute Gasteiger partial charge is 0.160 e. The van der Waals surface area contributed by atoms with Crippen LogP contribution in [0.15, 0.2) is 0 Å². The molecular formula is C11H21ClO5. The maximum absolute atomic E-state index is 5.75. The molecule has 1 aliphatic rings. The van der Waals surface area contributed by atoms with Gasteiger partial charge in [-0.3, -0.25) is 0 Å². The van der Waals surface area contributed by atoms with Gasteiger partial charge in [-0.05, 0) is 0 Å². The van der Waals surface area contributed by atoms with Crippen molar-refractivity contribution in [2.75, 3.05) is 40.4 Å². The summed E-state index contributed by atoms with van der Waals surface area (Å²) in [7, 11) is 4.92. The number of rotatable bonds is 7. The lowest BCUT2D eigenvalue weighted by atomic mass is 10.0. The van der Waals surface area contributed by atoms with E-state index >= 15 is 0 Å². The molecular weight excluding hydrogens is 248 g/mol. The van der Waals surface area contributed by atoms with Crippen LogP contribution in [0.4, 0.5) is 0 Å². The largest absolute Gasteiger partial charge is 0.382 e. The average Bonchev–Trinajstić information content (AvgIpc) is 2.36. The van der Waals surface area contributed by atoms with Crippen molar-refractivity contribution in [2.45, 2.75) is 31.0 Å². The summed E-state index contributed by atoms with van der Waals surface area (Å²) in [4.78, 5) is 0. The zero-order chi connectivity index (χ0) is 12.7. The van der Waals surface area contributed by atoms with Crippen molar-refractivity contribution in [3.05, 3.63) is 0 Å². The first-order valence-electron chi connectivity index (χ1n) is 5.64. The molecule has 4 atom stereocenters. The second-order valence-corrected chi connectivity index (χ2v) is 4.21. The van der Waals surface area contributed by atoms with Gasteiger partial charge < -0.3 is 23.7 Å². The summed E-state index contributed by atoms with van der Waals surface area (Å²) in [6.07, 6.45) is -0.0779. The van der Waals surface area contributed by atoms with Crippen molar-refractivity contribution in [1.82, 2.24) is 0 Å². The molecule has 17 heavy (non-hydrogen) atoms. The second kappa shape index (κ2) is 8.24. The molecule has 0 bridgehead atoms. The predicted octanol–water partition coefficient (Wildman–Crippen LogP) is 1.03. The van der Waals surface area contributed by atoms with Crippen molar-refractivity contribution in [1.29, 1.82) is 0 Å². The van der Waals surface area contributed by atoms with E-state index in [4.69, 9.17) is 35.3 Å². The van der Waals surface area contributed by atoms with Crippen LogP contribution in [-0.4, -0.2) is 65.0 Å². The van der Waals surface area contributed by atoms with Gasteiger partial charge in [0.25, 0.3) is 0 Å². The van der Waals surface area contributed by atoms with E-state index in [1.807, 2.05) is 0 Å². The summed E-state index contributed by atoms with van der Waals surface area (Å²) in [5.41, 5.74) is 0. The topological polar surface area (TPSA) is 46.2 Å². The zero-order valence-corrected chi connectivity index (χ0v) is 11.3. The maximum atomic E-state index is 5.75. The number of methoxy groups -OCH3 is 3. The van der Waals surface area contributed by atoms with Crippen molar-refractivity contribution in [3.63, 3.8) is 0 Å². The Kier molecular flexibility index (Phi) is 7.34. The van der Waals surface area contributed by atoms with E-state index in [1.165, 1.54) is 0 Å². The molecule has 0 aromatic heterocycles. The molecule has 6 heteroatoms. The Labute approximate surface area is 107 Å². The highest BCUT2D eigenvalue weighted by Crippen LogP contribution is 2.25. The van der Waals surface area contributed by atoms with E-state index in [9.17, 15) is 0 Å². The Hall–Kier alpha value is 0.0900. The minimum Gasteiger partial charge on any atom is -0.382 e. The molecule has 1 rings (SSSR count). The minimum atomic E-state index is -0.315. The number of halogens is 1. The highest BCUT2D eigenvalue weighted by molar-refractivity contribution is 6.17. The van der Waals surface area contributed by atoms with Gasteiger partial charge in [0.2, 0.25) is 0 Å². The van der Waals surface area contributed by atoms with Crippen LogP contribution in [0.5, 0.6) is 0 Å².